The fourth-order valence-electron chi connectivity index (χ4n) is 2.65. The van der Waals surface area contributed by atoms with E-state index >= 15 is 0 Å². The molecule has 4 nitrogen and oxygen atoms in total. The fraction of sp³-hybridized carbons (Fsp3) is 0.529. The molecule has 0 saturated carbocycles. The van der Waals surface area contributed by atoms with Crippen LogP contribution in [0.3, 0.4) is 0 Å². The quantitative estimate of drug-likeness (QED) is 0.637. The molecule has 1 aromatic rings. The van der Waals surface area contributed by atoms with Crippen molar-refractivity contribution in [3.8, 4) is 0 Å². The molecule has 1 fully saturated rings. The van der Waals surface area contributed by atoms with Gasteiger partial charge >= 0.3 is 0 Å². The van der Waals surface area contributed by atoms with Crippen molar-refractivity contribution < 1.29 is 10.0 Å². The molecule has 0 bridgehead atoms. The van der Waals surface area contributed by atoms with Gasteiger partial charge in [-0.05, 0) is 23.1 Å². The summed E-state index contributed by atoms with van der Waals surface area (Å²) in [4.78, 5) is 14.4. The molecule has 1 atom stereocenters. The summed E-state index contributed by atoms with van der Waals surface area (Å²) in [6.45, 7) is 9.68. The summed E-state index contributed by atoms with van der Waals surface area (Å²) in [5.41, 5.74) is 2.82. The van der Waals surface area contributed by atoms with E-state index in [2.05, 4.69) is 25.9 Å². The smallest absolute Gasteiger partial charge is 0.253 e. The number of likely N-dealkylation sites (tertiary alicyclic amines) is 1. The van der Waals surface area contributed by atoms with Crippen LogP contribution in [-0.4, -0.2) is 34.8 Å². The van der Waals surface area contributed by atoms with E-state index in [1.165, 1.54) is 5.56 Å². The highest BCUT2D eigenvalue weighted by atomic mass is 16.4. The summed E-state index contributed by atoms with van der Waals surface area (Å²) in [5, 5.41) is 12.2. The first-order valence-electron chi connectivity index (χ1n) is 7.43. The van der Waals surface area contributed by atoms with Gasteiger partial charge in [0.25, 0.3) is 5.91 Å². The molecule has 0 aromatic heterocycles. The minimum Gasteiger partial charge on any atom is -0.411 e. The molecule has 1 aromatic carbocycles. The molecule has 0 spiro atoms. The van der Waals surface area contributed by atoms with Crippen molar-refractivity contribution in [1.82, 2.24) is 4.90 Å². The second kappa shape index (κ2) is 5.88. The summed E-state index contributed by atoms with van der Waals surface area (Å²) in [5.74, 6) is 0.167. The van der Waals surface area contributed by atoms with Crippen LogP contribution >= 0.6 is 0 Å². The SMILES string of the molecule is CC1CN(C(=O)c2ccc(C(C)(C)C)cc2)CC/C1=N\O. The molecule has 2 rings (SSSR count). The highest BCUT2D eigenvalue weighted by Gasteiger charge is 2.26. The van der Waals surface area contributed by atoms with Crippen molar-refractivity contribution in [2.75, 3.05) is 13.1 Å². The van der Waals surface area contributed by atoms with Gasteiger partial charge < -0.3 is 10.1 Å². The summed E-state index contributed by atoms with van der Waals surface area (Å²) >= 11 is 0. The Morgan fingerprint density at radius 1 is 1.29 bits per heavy atom. The lowest BCUT2D eigenvalue weighted by Gasteiger charge is -2.31. The van der Waals surface area contributed by atoms with Crippen LogP contribution in [0.15, 0.2) is 29.4 Å². The van der Waals surface area contributed by atoms with Gasteiger partial charge in [0.1, 0.15) is 0 Å². The first-order chi connectivity index (χ1) is 9.82. The molecule has 4 heteroatoms. The van der Waals surface area contributed by atoms with E-state index in [1.807, 2.05) is 36.1 Å². The Kier molecular flexibility index (Phi) is 4.35. The van der Waals surface area contributed by atoms with Crippen LogP contribution in [-0.2, 0) is 5.41 Å². The number of piperidine rings is 1. The number of rotatable bonds is 1. The predicted octanol–water partition coefficient (Wildman–Crippen LogP) is 3.30. The minimum absolute atomic E-state index is 0.0549. The van der Waals surface area contributed by atoms with Crippen molar-refractivity contribution >= 4 is 11.6 Å². The van der Waals surface area contributed by atoms with Gasteiger partial charge in [-0.25, -0.2) is 0 Å². The number of benzene rings is 1. The molecule has 1 saturated heterocycles. The lowest BCUT2D eigenvalue weighted by Crippen LogP contribution is -2.43. The zero-order chi connectivity index (χ0) is 15.6. The van der Waals surface area contributed by atoms with Crippen LogP contribution < -0.4 is 0 Å². The molecule has 0 aliphatic carbocycles. The first kappa shape index (κ1) is 15.5. The van der Waals surface area contributed by atoms with Crippen molar-refractivity contribution in [2.45, 2.75) is 39.5 Å². The maximum Gasteiger partial charge on any atom is 0.253 e. The summed E-state index contributed by atoms with van der Waals surface area (Å²) in [6, 6.07) is 7.87. The average Bonchev–Trinajstić information content (AvgIpc) is 2.45. The average molecular weight is 288 g/mol. The zero-order valence-corrected chi connectivity index (χ0v) is 13.3. The third-order valence-corrected chi connectivity index (χ3v) is 4.11. The Labute approximate surface area is 126 Å². The number of amides is 1. The van der Waals surface area contributed by atoms with Gasteiger partial charge in [0, 0.05) is 31.0 Å². The molecular formula is C17H24N2O2. The van der Waals surface area contributed by atoms with Crippen LogP contribution in [0.25, 0.3) is 0 Å². The number of carbonyl (C=O) groups is 1. The molecule has 114 valence electrons. The normalized spacial score (nSPS) is 21.6. The highest BCUT2D eigenvalue weighted by molar-refractivity contribution is 5.96. The van der Waals surface area contributed by atoms with Crippen LogP contribution in [0.1, 0.15) is 50.0 Å². The summed E-state index contributed by atoms with van der Waals surface area (Å²) in [7, 11) is 0. The molecule has 0 radical (unpaired) electrons. The van der Waals surface area contributed by atoms with Crippen LogP contribution in [0.2, 0.25) is 0 Å². The number of oxime groups is 1. The Hall–Kier alpha value is -1.84. The van der Waals surface area contributed by atoms with Crippen LogP contribution in [0, 0.1) is 5.92 Å². The maximum absolute atomic E-state index is 12.5. The van der Waals surface area contributed by atoms with Gasteiger partial charge in [-0.3, -0.25) is 4.79 Å². The lowest BCUT2D eigenvalue weighted by atomic mass is 9.86. The summed E-state index contributed by atoms with van der Waals surface area (Å²) < 4.78 is 0. The van der Waals surface area contributed by atoms with Crippen molar-refractivity contribution in [2.24, 2.45) is 11.1 Å². The largest absolute Gasteiger partial charge is 0.411 e. The van der Waals surface area contributed by atoms with Gasteiger partial charge in [-0.1, -0.05) is 45.0 Å². The maximum atomic E-state index is 12.5. The summed E-state index contributed by atoms with van der Waals surface area (Å²) in [6.07, 6.45) is 0.642. The van der Waals surface area contributed by atoms with E-state index < -0.39 is 0 Å². The molecule has 1 N–H and O–H groups in total. The zero-order valence-electron chi connectivity index (χ0n) is 13.3. The molecular weight excluding hydrogens is 264 g/mol. The monoisotopic (exact) mass is 288 g/mol. The molecule has 21 heavy (non-hydrogen) atoms. The fourth-order valence-corrected chi connectivity index (χ4v) is 2.65. The number of hydrogen-bond donors (Lipinski definition) is 1. The van der Waals surface area contributed by atoms with E-state index in [1.54, 1.807) is 0 Å². The molecule has 1 unspecified atom stereocenters. The Balaban J connectivity index is 2.11. The second-order valence-corrected chi connectivity index (χ2v) is 6.82. The van der Waals surface area contributed by atoms with Gasteiger partial charge in [0.15, 0.2) is 0 Å². The Morgan fingerprint density at radius 3 is 2.38 bits per heavy atom. The van der Waals surface area contributed by atoms with Crippen molar-refractivity contribution in [1.29, 1.82) is 0 Å². The number of carbonyl (C=O) groups excluding carboxylic acids is 1. The van der Waals surface area contributed by atoms with Crippen molar-refractivity contribution in [3.63, 3.8) is 0 Å². The molecule has 1 aliphatic heterocycles. The van der Waals surface area contributed by atoms with E-state index in [0.29, 0.717) is 19.5 Å². The van der Waals surface area contributed by atoms with Crippen LogP contribution in [0.4, 0.5) is 0 Å². The second-order valence-electron chi connectivity index (χ2n) is 6.82. The Bertz CT molecular complexity index is 541. The predicted molar refractivity (Wildman–Crippen MR) is 84.0 cm³/mol. The molecule has 1 amide bonds. The van der Waals surface area contributed by atoms with Gasteiger partial charge in [0.05, 0.1) is 5.71 Å². The van der Waals surface area contributed by atoms with E-state index in [9.17, 15) is 4.79 Å². The van der Waals surface area contributed by atoms with E-state index in [0.717, 1.165) is 11.3 Å². The van der Waals surface area contributed by atoms with E-state index in [4.69, 9.17) is 5.21 Å². The molecule has 1 heterocycles. The highest BCUT2D eigenvalue weighted by Crippen LogP contribution is 2.23. The third-order valence-electron chi connectivity index (χ3n) is 4.11. The van der Waals surface area contributed by atoms with Crippen LogP contribution in [0.5, 0.6) is 0 Å². The van der Waals surface area contributed by atoms with Gasteiger partial charge in [-0.2, -0.15) is 0 Å². The van der Waals surface area contributed by atoms with Gasteiger partial charge in [0.2, 0.25) is 0 Å². The molecule has 1 aliphatic rings. The standard InChI is InChI=1S/C17H24N2O2/c1-12-11-19(10-9-15(12)18-21)16(20)13-5-7-14(8-6-13)17(2,3)4/h5-8,12,21H,9-11H2,1-4H3/b18-15+. The van der Waals surface area contributed by atoms with E-state index in [-0.39, 0.29) is 17.2 Å². The third kappa shape index (κ3) is 3.43. The lowest BCUT2D eigenvalue weighted by molar-refractivity contribution is 0.0734. The Morgan fingerprint density at radius 2 is 1.90 bits per heavy atom. The number of nitrogens with zero attached hydrogens (tertiary/aromatic N) is 2. The minimum atomic E-state index is 0.0549. The topological polar surface area (TPSA) is 52.9 Å². The first-order valence-corrected chi connectivity index (χ1v) is 7.43. The number of hydrogen-bond acceptors (Lipinski definition) is 3. The van der Waals surface area contributed by atoms with Crippen molar-refractivity contribution in [3.05, 3.63) is 35.4 Å². The van der Waals surface area contributed by atoms with Gasteiger partial charge in [-0.15, -0.1) is 0 Å².